The standard InChI is InChI=1S/C23H24ClN5O3/c1-28(2)14-20(30)15-6-8-16(9-7-15)29-12-10-21(27-29)26-23(31)25-19-11-13-32-22-17(19)4-3-5-18(22)24/h3-10,12,19H,11,13-14H2,1-2H3,(H2,25,26,27,31)/t19-/m0/s1. The van der Waals surface area contributed by atoms with Gasteiger partial charge in [-0.05, 0) is 44.4 Å². The maximum absolute atomic E-state index is 12.5. The molecule has 2 N–H and O–H groups in total. The van der Waals surface area contributed by atoms with E-state index in [2.05, 4.69) is 15.7 Å². The van der Waals surface area contributed by atoms with E-state index in [-0.39, 0.29) is 17.9 Å². The summed E-state index contributed by atoms with van der Waals surface area (Å²) < 4.78 is 7.27. The molecule has 166 valence electrons. The van der Waals surface area contributed by atoms with Crippen LogP contribution >= 0.6 is 11.6 Å². The number of ketones is 1. The van der Waals surface area contributed by atoms with Gasteiger partial charge in [0.25, 0.3) is 0 Å². The molecule has 4 rings (SSSR count). The predicted molar refractivity (Wildman–Crippen MR) is 123 cm³/mol. The van der Waals surface area contributed by atoms with E-state index < -0.39 is 0 Å². The molecule has 2 heterocycles. The van der Waals surface area contributed by atoms with Crippen LogP contribution in [0.3, 0.4) is 0 Å². The molecule has 32 heavy (non-hydrogen) atoms. The molecular formula is C23H24ClN5O3. The van der Waals surface area contributed by atoms with Gasteiger partial charge in [-0.2, -0.15) is 0 Å². The summed E-state index contributed by atoms with van der Waals surface area (Å²) in [6.45, 7) is 0.831. The molecule has 2 amide bonds. The van der Waals surface area contributed by atoms with Gasteiger partial charge in [0, 0.05) is 29.8 Å². The number of anilines is 1. The van der Waals surface area contributed by atoms with Gasteiger partial charge in [-0.25, -0.2) is 9.48 Å². The summed E-state index contributed by atoms with van der Waals surface area (Å²) in [4.78, 5) is 26.5. The minimum absolute atomic E-state index is 0.0528. The first-order chi connectivity index (χ1) is 15.4. The number of likely N-dealkylation sites (N-methyl/N-ethyl adjacent to an activating group) is 1. The molecule has 1 aliphatic heterocycles. The lowest BCUT2D eigenvalue weighted by Crippen LogP contribution is -2.35. The SMILES string of the molecule is CN(C)CC(=O)c1ccc(-n2ccc(NC(=O)N[C@H]3CCOc4c(Cl)cccc43)n2)cc1. The fourth-order valence-corrected chi connectivity index (χ4v) is 3.80. The fourth-order valence-electron chi connectivity index (χ4n) is 3.56. The molecular weight excluding hydrogens is 430 g/mol. The molecule has 3 aromatic rings. The highest BCUT2D eigenvalue weighted by atomic mass is 35.5. The number of ether oxygens (including phenoxy) is 1. The van der Waals surface area contributed by atoms with E-state index in [0.29, 0.717) is 41.7 Å². The lowest BCUT2D eigenvalue weighted by molar-refractivity contribution is 0.0958. The van der Waals surface area contributed by atoms with Gasteiger partial charge in [-0.15, -0.1) is 5.10 Å². The number of nitrogens with one attached hydrogen (secondary N) is 2. The van der Waals surface area contributed by atoms with Crippen molar-refractivity contribution in [3.8, 4) is 11.4 Å². The van der Waals surface area contributed by atoms with Gasteiger partial charge in [0.1, 0.15) is 5.75 Å². The average Bonchev–Trinajstić information content (AvgIpc) is 3.22. The second kappa shape index (κ2) is 9.42. The molecule has 0 spiro atoms. The van der Waals surface area contributed by atoms with Crippen molar-refractivity contribution in [1.82, 2.24) is 20.0 Å². The van der Waals surface area contributed by atoms with Crippen molar-refractivity contribution in [3.63, 3.8) is 0 Å². The monoisotopic (exact) mass is 453 g/mol. The maximum atomic E-state index is 12.5. The molecule has 1 aliphatic rings. The number of hydrogen-bond donors (Lipinski definition) is 2. The Morgan fingerprint density at radius 3 is 2.72 bits per heavy atom. The Kier molecular flexibility index (Phi) is 6.43. The number of fused-ring (bicyclic) bond motifs is 1. The van der Waals surface area contributed by atoms with Crippen molar-refractivity contribution < 1.29 is 14.3 Å². The molecule has 9 heteroatoms. The van der Waals surface area contributed by atoms with E-state index in [4.69, 9.17) is 16.3 Å². The molecule has 0 saturated carbocycles. The van der Waals surface area contributed by atoms with Crippen molar-refractivity contribution in [2.75, 3.05) is 32.6 Å². The zero-order valence-corrected chi connectivity index (χ0v) is 18.6. The molecule has 1 aromatic heterocycles. The van der Waals surface area contributed by atoms with Gasteiger partial charge in [0.05, 0.1) is 29.9 Å². The normalized spacial score (nSPS) is 15.1. The largest absolute Gasteiger partial charge is 0.492 e. The molecule has 1 atom stereocenters. The summed E-state index contributed by atoms with van der Waals surface area (Å²) in [6, 6.07) is 13.8. The molecule has 0 fully saturated rings. The molecule has 0 bridgehead atoms. The Hall–Kier alpha value is -3.36. The van der Waals surface area contributed by atoms with Gasteiger partial charge in [0.2, 0.25) is 0 Å². The number of para-hydroxylation sites is 1. The Labute approximate surface area is 191 Å². The van der Waals surface area contributed by atoms with Crippen LogP contribution in [0.1, 0.15) is 28.4 Å². The highest BCUT2D eigenvalue weighted by Gasteiger charge is 2.24. The average molecular weight is 454 g/mol. The van der Waals surface area contributed by atoms with E-state index in [1.165, 1.54) is 0 Å². The number of carbonyl (C=O) groups excluding carboxylic acids is 2. The van der Waals surface area contributed by atoms with Crippen LogP contribution in [-0.2, 0) is 0 Å². The summed E-state index contributed by atoms with van der Waals surface area (Å²) in [7, 11) is 3.72. The molecule has 0 aliphatic carbocycles. The number of amides is 2. The van der Waals surface area contributed by atoms with Crippen LogP contribution in [0.5, 0.6) is 5.75 Å². The summed E-state index contributed by atoms with van der Waals surface area (Å²) in [5.74, 6) is 1.08. The Morgan fingerprint density at radius 1 is 1.19 bits per heavy atom. The van der Waals surface area contributed by atoms with Crippen molar-refractivity contribution in [3.05, 3.63) is 70.9 Å². The van der Waals surface area contributed by atoms with E-state index in [1.54, 1.807) is 35.1 Å². The van der Waals surface area contributed by atoms with Crippen LogP contribution in [-0.4, -0.2) is 53.7 Å². The smallest absolute Gasteiger partial charge is 0.320 e. The number of hydrogen-bond acceptors (Lipinski definition) is 5. The highest BCUT2D eigenvalue weighted by molar-refractivity contribution is 6.32. The van der Waals surface area contributed by atoms with Crippen LogP contribution in [0.2, 0.25) is 5.02 Å². The molecule has 0 saturated heterocycles. The Bertz CT molecular complexity index is 1130. The summed E-state index contributed by atoms with van der Waals surface area (Å²) in [5.41, 5.74) is 2.28. The van der Waals surface area contributed by atoms with Gasteiger partial charge < -0.3 is 15.0 Å². The van der Waals surface area contributed by atoms with Crippen LogP contribution in [0.25, 0.3) is 5.69 Å². The zero-order chi connectivity index (χ0) is 22.7. The van der Waals surface area contributed by atoms with E-state index in [9.17, 15) is 9.59 Å². The lowest BCUT2D eigenvalue weighted by atomic mass is 10.0. The molecule has 8 nitrogen and oxygen atoms in total. The zero-order valence-electron chi connectivity index (χ0n) is 17.8. The van der Waals surface area contributed by atoms with Crippen molar-refractivity contribution in [2.45, 2.75) is 12.5 Å². The van der Waals surface area contributed by atoms with Gasteiger partial charge in [-0.3, -0.25) is 10.1 Å². The fraction of sp³-hybridized carbons (Fsp3) is 0.261. The lowest BCUT2D eigenvalue weighted by Gasteiger charge is -2.27. The Balaban J connectivity index is 1.39. The van der Waals surface area contributed by atoms with Crippen LogP contribution in [0, 0.1) is 0 Å². The second-order valence-corrected chi connectivity index (χ2v) is 8.21. The minimum Gasteiger partial charge on any atom is -0.492 e. The number of urea groups is 1. The third-order valence-electron chi connectivity index (χ3n) is 5.08. The number of aromatic nitrogens is 2. The first-order valence-corrected chi connectivity index (χ1v) is 10.6. The highest BCUT2D eigenvalue weighted by Crippen LogP contribution is 2.37. The number of carbonyl (C=O) groups is 2. The van der Waals surface area contributed by atoms with Crippen LogP contribution in [0.4, 0.5) is 10.6 Å². The number of nitrogens with zero attached hydrogens (tertiary/aromatic N) is 3. The first kappa shape index (κ1) is 21.9. The summed E-state index contributed by atoms with van der Waals surface area (Å²) in [5, 5.41) is 10.6. The number of benzene rings is 2. The van der Waals surface area contributed by atoms with Gasteiger partial charge >= 0.3 is 6.03 Å². The third-order valence-corrected chi connectivity index (χ3v) is 5.37. The third kappa shape index (κ3) is 4.92. The number of halogens is 1. The molecule has 0 radical (unpaired) electrons. The topological polar surface area (TPSA) is 88.5 Å². The Morgan fingerprint density at radius 2 is 1.97 bits per heavy atom. The van der Waals surface area contributed by atoms with Crippen molar-refractivity contribution in [2.24, 2.45) is 0 Å². The van der Waals surface area contributed by atoms with E-state index in [1.807, 2.05) is 43.3 Å². The van der Waals surface area contributed by atoms with E-state index in [0.717, 1.165) is 11.3 Å². The second-order valence-electron chi connectivity index (χ2n) is 7.80. The predicted octanol–water partition coefficient (Wildman–Crippen LogP) is 3.92. The van der Waals surface area contributed by atoms with Crippen LogP contribution < -0.4 is 15.4 Å². The van der Waals surface area contributed by atoms with E-state index >= 15 is 0 Å². The van der Waals surface area contributed by atoms with Crippen molar-refractivity contribution in [1.29, 1.82) is 0 Å². The quantitative estimate of drug-likeness (QED) is 0.552. The summed E-state index contributed by atoms with van der Waals surface area (Å²) in [6.07, 6.45) is 2.39. The molecule has 0 unspecified atom stereocenters. The summed E-state index contributed by atoms with van der Waals surface area (Å²) >= 11 is 6.20. The van der Waals surface area contributed by atoms with Crippen LogP contribution in [0.15, 0.2) is 54.7 Å². The number of rotatable bonds is 6. The number of Topliss-reactive ketones (excluding diaryl/α,β-unsaturated/α-hetero) is 1. The van der Waals surface area contributed by atoms with Crippen molar-refractivity contribution >= 4 is 29.2 Å². The first-order valence-electron chi connectivity index (χ1n) is 10.2. The van der Waals surface area contributed by atoms with Gasteiger partial charge in [-0.1, -0.05) is 23.7 Å². The minimum atomic E-state index is -0.363. The molecule has 2 aromatic carbocycles. The maximum Gasteiger partial charge on any atom is 0.320 e. The van der Waals surface area contributed by atoms with Gasteiger partial charge in [0.15, 0.2) is 11.6 Å².